The molecule has 1 fully saturated rings. The SMILES string of the molecule is CNC(C1CCOC1)C(C)C(C)C. The van der Waals surface area contributed by atoms with Crippen LogP contribution in [0.25, 0.3) is 0 Å². The van der Waals surface area contributed by atoms with E-state index in [1.807, 2.05) is 0 Å². The van der Waals surface area contributed by atoms with E-state index in [0.717, 1.165) is 31.0 Å². The molecular weight excluding hydrogens is 162 g/mol. The lowest BCUT2D eigenvalue weighted by Crippen LogP contribution is -2.41. The fourth-order valence-corrected chi connectivity index (χ4v) is 2.18. The number of rotatable bonds is 4. The summed E-state index contributed by atoms with van der Waals surface area (Å²) < 4.78 is 5.43. The minimum absolute atomic E-state index is 0.627. The summed E-state index contributed by atoms with van der Waals surface area (Å²) in [5, 5.41) is 3.45. The summed E-state index contributed by atoms with van der Waals surface area (Å²) in [6.45, 7) is 8.83. The van der Waals surface area contributed by atoms with Gasteiger partial charge in [0, 0.05) is 18.6 Å². The van der Waals surface area contributed by atoms with E-state index in [9.17, 15) is 0 Å². The Bertz CT molecular complexity index is 139. The van der Waals surface area contributed by atoms with Crippen LogP contribution in [0.3, 0.4) is 0 Å². The van der Waals surface area contributed by atoms with Crippen LogP contribution in [0.2, 0.25) is 0 Å². The average Bonchev–Trinajstić information content (AvgIpc) is 2.58. The summed E-state index contributed by atoms with van der Waals surface area (Å²) in [4.78, 5) is 0. The largest absolute Gasteiger partial charge is 0.381 e. The molecular formula is C11H23NO. The topological polar surface area (TPSA) is 21.3 Å². The first-order valence-electron chi connectivity index (χ1n) is 5.41. The van der Waals surface area contributed by atoms with E-state index in [1.165, 1.54) is 6.42 Å². The van der Waals surface area contributed by atoms with Gasteiger partial charge in [-0.25, -0.2) is 0 Å². The van der Waals surface area contributed by atoms with E-state index >= 15 is 0 Å². The van der Waals surface area contributed by atoms with Crippen molar-refractivity contribution in [2.24, 2.45) is 17.8 Å². The molecule has 1 heterocycles. The lowest BCUT2D eigenvalue weighted by molar-refractivity contribution is 0.160. The summed E-state index contributed by atoms with van der Waals surface area (Å²) in [7, 11) is 2.07. The molecule has 0 saturated carbocycles. The molecule has 0 aliphatic carbocycles. The van der Waals surface area contributed by atoms with Crippen molar-refractivity contribution in [3.63, 3.8) is 0 Å². The molecule has 0 aromatic heterocycles. The van der Waals surface area contributed by atoms with Gasteiger partial charge in [0.2, 0.25) is 0 Å². The third-order valence-electron chi connectivity index (χ3n) is 3.42. The van der Waals surface area contributed by atoms with Crippen molar-refractivity contribution in [3.05, 3.63) is 0 Å². The maximum atomic E-state index is 5.43. The zero-order chi connectivity index (χ0) is 9.84. The van der Waals surface area contributed by atoms with E-state index in [-0.39, 0.29) is 0 Å². The fraction of sp³-hybridized carbons (Fsp3) is 1.00. The van der Waals surface area contributed by atoms with Gasteiger partial charge < -0.3 is 10.1 Å². The van der Waals surface area contributed by atoms with E-state index in [2.05, 4.69) is 33.1 Å². The molecule has 1 aliphatic heterocycles. The molecule has 0 aromatic carbocycles. The van der Waals surface area contributed by atoms with E-state index in [1.54, 1.807) is 0 Å². The van der Waals surface area contributed by atoms with Crippen LogP contribution in [0.1, 0.15) is 27.2 Å². The number of ether oxygens (including phenoxy) is 1. The Labute approximate surface area is 82.0 Å². The Morgan fingerprint density at radius 1 is 1.31 bits per heavy atom. The molecule has 13 heavy (non-hydrogen) atoms. The monoisotopic (exact) mass is 185 g/mol. The second-order valence-corrected chi connectivity index (χ2v) is 4.54. The summed E-state index contributed by atoms with van der Waals surface area (Å²) in [6, 6.07) is 0.627. The smallest absolute Gasteiger partial charge is 0.0510 e. The van der Waals surface area contributed by atoms with Crippen LogP contribution in [0, 0.1) is 17.8 Å². The average molecular weight is 185 g/mol. The highest BCUT2D eigenvalue weighted by atomic mass is 16.5. The lowest BCUT2D eigenvalue weighted by atomic mass is 9.82. The Morgan fingerprint density at radius 3 is 2.38 bits per heavy atom. The quantitative estimate of drug-likeness (QED) is 0.722. The second kappa shape index (κ2) is 4.97. The Morgan fingerprint density at radius 2 is 2.00 bits per heavy atom. The van der Waals surface area contributed by atoms with Crippen molar-refractivity contribution in [1.29, 1.82) is 0 Å². The summed E-state index contributed by atoms with van der Waals surface area (Å²) in [5.41, 5.74) is 0. The van der Waals surface area contributed by atoms with Crippen LogP contribution in [0.5, 0.6) is 0 Å². The molecule has 0 radical (unpaired) electrons. The van der Waals surface area contributed by atoms with Crippen LogP contribution in [-0.2, 0) is 4.74 Å². The summed E-state index contributed by atoms with van der Waals surface area (Å²) in [6.07, 6.45) is 1.22. The minimum Gasteiger partial charge on any atom is -0.381 e. The van der Waals surface area contributed by atoms with Gasteiger partial charge in [0.1, 0.15) is 0 Å². The van der Waals surface area contributed by atoms with Gasteiger partial charge >= 0.3 is 0 Å². The highest BCUT2D eigenvalue weighted by Crippen LogP contribution is 2.25. The molecule has 1 saturated heterocycles. The molecule has 78 valence electrons. The van der Waals surface area contributed by atoms with Gasteiger partial charge in [0.05, 0.1) is 6.61 Å². The predicted octanol–water partition coefficient (Wildman–Crippen LogP) is 1.90. The molecule has 0 bridgehead atoms. The second-order valence-electron chi connectivity index (χ2n) is 4.54. The first-order valence-corrected chi connectivity index (χ1v) is 5.41. The zero-order valence-electron chi connectivity index (χ0n) is 9.34. The van der Waals surface area contributed by atoms with Gasteiger partial charge in [0.15, 0.2) is 0 Å². The molecule has 2 heteroatoms. The lowest BCUT2D eigenvalue weighted by Gasteiger charge is -2.30. The Hall–Kier alpha value is -0.0800. The van der Waals surface area contributed by atoms with E-state index in [0.29, 0.717) is 6.04 Å². The van der Waals surface area contributed by atoms with Crippen molar-refractivity contribution in [3.8, 4) is 0 Å². The molecule has 1 aliphatic rings. The fourth-order valence-electron chi connectivity index (χ4n) is 2.18. The molecule has 0 spiro atoms. The summed E-state index contributed by atoms with van der Waals surface area (Å²) in [5.74, 6) is 2.21. The number of hydrogen-bond acceptors (Lipinski definition) is 2. The van der Waals surface area contributed by atoms with Crippen LogP contribution in [-0.4, -0.2) is 26.3 Å². The summed E-state index contributed by atoms with van der Waals surface area (Å²) >= 11 is 0. The van der Waals surface area contributed by atoms with Gasteiger partial charge in [-0.2, -0.15) is 0 Å². The predicted molar refractivity (Wildman–Crippen MR) is 55.8 cm³/mol. The highest BCUT2D eigenvalue weighted by Gasteiger charge is 2.29. The maximum Gasteiger partial charge on any atom is 0.0510 e. The van der Waals surface area contributed by atoms with Crippen molar-refractivity contribution in [2.75, 3.05) is 20.3 Å². The first kappa shape index (κ1) is 11.0. The molecule has 0 aromatic rings. The van der Waals surface area contributed by atoms with Crippen LogP contribution < -0.4 is 5.32 Å². The standard InChI is InChI=1S/C11H23NO/c1-8(2)9(3)11(12-4)10-5-6-13-7-10/h8-12H,5-7H2,1-4H3. The van der Waals surface area contributed by atoms with Crippen molar-refractivity contribution >= 4 is 0 Å². The van der Waals surface area contributed by atoms with Crippen LogP contribution >= 0.6 is 0 Å². The molecule has 2 nitrogen and oxygen atoms in total. The third kappa shape index (κ3) is 2.68. The molecule has 0 amide bonds. The third-order valence-corrected chi connectivity index (χ3v) is 3.42. The van der Waals surface area contributed by atoms with Gasteiger partial charge in [-0.05, 0) is 25.3 Å². The molecule has 3 unspecified atom stereocenters. The maximum absolute atomic E-state index is 5.43. The van der Waals surface area contributed by atoms with E-state index in [4.69, 9.17) is 4.74 Å². The number of nitrogens with one attached hydrogen (secondary N) is 1. The Balaban J connectivity index is 2.49. The van der Waals surface area contributed by atoms with Crippen molar-refractivity contribution in [2.45, 2.75) is 33.2 Å². The molecule has 1 rings (SSSR count). The van der Waals surface area contributed by atoms with Gasteiger partial charge in [-0.15, -0.1) is 0 Å². The van der Waals surface area contributed by atoms with E-state index < -0.39 is 0 Å². The van der Waals surface area contributed by atoms with Gasteiger partial charge in [-0.3, -0.25) is 0 Å². The zero-order valence-corrected chi connectivity index (χ0v) is 9.34. The first-order chi connectivity index (χ1) is 6.16. The van der Waals surface area contributed by atoms with Gasteiger partial charge in [0.25, 0.3) is 0 Å². The van der Waals surface area contributed by atoms with Crippen molar-refractivity contribution < 1.29 is 4.74 Å². The highest BCUT2D eigenvalue weighted by molar-refractivity contribution is 4.83. The van der Waals surface area contributed by atoms with Crippen molar-refractivity contribution in [1.82, 2.24) is 5.32 Å². The molecule has 3 atom stereocenters. The normalized spacial score (nSPS) is 27.9. The minimum atomic E-state index is 0.627. The Kier molecular flexibility index (Phi) is 4.20. The van der Waals surface area contributed by atoms with Crippen LogP contribution in [0.4, 0.5) is 0 Å². The molecule has 1 N–H and O–H groups in total. The number of hydrogen-bond donors (Lipinski definition) is 1. The van der Waals surface area contributed by atoms with Gasteiger partial charge in [-0.1, -0.05) is 20.8 Å². The van der Waals surface area contributed by atoms with Crippen LogP contribution in [0.15, 0.2) is 0 Å².